The van der Waals surface area contributed by atoms with E-state index < -0.39 is 0 Å². The Hall–Kier alpha value is -1.06. The van der Waals surface area contributed by atoms with Crippen LogP contribution in [-0.4, -0.2) is 5.11 Å². The summed E-state index contributed by atoms with van der Waals surface area (Å²) in [5.74, 6) is 0.243. The third-order valence-electron chi connectivity index (χ3n) is 3.63. The van der Waals surface area contributed by atoms with Gasteiger partial charge in [0.25, 0.3) is 0 Å². The summed E-state index contributed by atoms with van der Waals surface area (Å²) in [5.41, 5.74) is 13.8. The van der Waals surface area contributed by atoms with E-state index in [0.717, 1.165) is 11.1 Å². The lowest BCUT2D eigenvalue weighted by molar-refractivity contribution is 0.303. The Morgan fingerprint density at radius 2 is 1.16 bits per heavy atom. The summed E-state index contributed by atoms with van der Waals surface area (Å²) in [5, 5.41) is 10.5. The molecule has 2 unspecified atom stereocenters. The van der Waals surface area contributed by atoms with Crippen molar-refractivity contribution in [2.24, 2.45) is 22.3 Å². The predicted molar refractivity (Wildman–Crippen MR) is 80.9 cm³/mol. The Bertz CT molecular complexity index is 403. The van der Waals surface area contributed by atoms with Crippen molar-refractivity contribution in [1.29, 1.82) is 0 Å². The summed E-state index contributed by atoms with van der Waals surface area (Å²) in [4.78, 5) is 0. The molecule has 0 radical (unpaired) electrons. The van der Waals surface area contributed by atoms with Crippen LogP contribution in [-0.2, 0) is 0 Å². The largest absolute Gasteiger partial charge is 0.507 e. The molecule has 0 spiro atoms. The minimum Gasteiger partial charge on any atom is -0.507 e. The zero-order valence-corrected chi connectivity index (χ0v) is 13.0. The van der Waals surface area contributed by atoms with Crippen LogP contribution >= 0.6 is 0 Å². The first-order chi connectivity index (χ1) is 8.46. The second-order valence-electron chi connectivity index (χ2n) is 7.47. The van der Waals surface area contributed by atoms with Gasteiger partial charge in [-0.1, -0.05) is 59.7 Å². The first-order valence-electron chi connectivity index (χ1n) is 6.79. The molecule has 0 heterocycles. The predicted octanol–water partition coefficient (Wildman–Crippen LogP) is 3.48. The maximum Gasteiger partial charge on any atom is 0.125 e. The van der Waals surface area contributed by atoms with Gasteiger partial charge in [-0.05, 0) is 10.8 Å². The highest BCUT2D eigenvalue weighted by Gasteiger charge is 2.29. The Labute approximate surface area is 117 Å². The van der Waals surface area contributed by atoms with Crippen molar-refractivity contribution >= 4 is 0 Å². The number of phenols is 1. The first-order valence-corrected chi connectivity index (χ1v) is 6.79. The number of nitrogens with two attached hydrogens (primary N) is 2. The lowest BCUT2D eigenvalue weighted by Crippen LogP contribution is -2.29. The van der Waals surface area contributed by atoms with Crippen LogP contribution in [0.15, 0.2) is 18.2 Å². The third kappa shape index (κ3) is 3.48. The van der Waals surface area contributed by atoms with Crippen molar-refractivity contribution in [1.82, 2.24) is 0 Å². The molecule has 0 aromatic heterocycles. The Kier molecular flexibility index (Phi) is 4.33. The topological polar surface area (TPSA) is 72.3 Å². The van der Waals surface area contributed by atoms with E-state index in [1.165, 1.54) is 0 Å². The van der Waals surface area contributed by atoms with Crippen LogP contribution in [0.1, 0.15) is 64.8 Å². The van der Waals surface area contributed by atoms with Crippen molar-refractivity contribution < 1.29 is 5.11 Å². The maximum absolute atomic E-state index is 10.5. The summed E-state index contributed by atoms with van der Waals surface area (Å²) < 4.78 is 0. The maximum atomic E-state index is 10.5. The lowest BCUT2D eigenvalue weighted by atomic mass is 9.79. The van der Waals surface area contributed by atoms with Gasteiger partial charge in [0, 0.05) is 23.2 Å². The van der Waals surface area contributed by atoms with E-state index in [4.69, 9.17) is 11.5 Å². The minimum absolute atomic E-state index is 0.109. The van der Waals surface area contributed by atoms with Crippen LogP contribution in [0.3, 0.4) is 0 Å². The second-order valence-corrected chi connectivity index (χ2v) is 7.47. The van der Waals surface area contributed by atoms with Crippen LogP contribution in [0, 0.1) is 10.8 Å². The smallest absolute Gasteiger partial charge is 0.125 e. The Balaban J connectivity index is 3.27. The van der Waals surface area contributed by atoms with Crippen LogP contribution in [0.25, 0.3) is 0 Å². The molecule has 1 aromatic rings. The monoisotopic (exact) mass is 264 g/mol. The van der Waals surface area contributed by atoms with E-state index in [0.29, 0.717) is 0 Å². The van der Waals surface area contributed by atoms with E-state index in [1.54, 1.807) is 0 Å². The van der Waals surface area contributed by atoms with Gasteiger partial charge in [0.15, 0.2) is 0 Å². The fourth-order valence-corrected chi connectivity index (χ4v) is 2.01. The van der Waals surface area contributed by atoms with Gasteiger partial charge in [0.05, 0.1) is 0 Å². The summed E-state index contributed by atoms with van der Waals surface area (Å²) in [7, 11) is 0. The summed E-state index contributed by atoms with van der Waals surface area (Å²) in [6.07, 6.45) is 0. The molecule has 0 aliphatic heterocycles. The first kappa shape index (κ1) is 16.0. The molecule has 5 N–H and O–H groups in total. The van der Waals surface area contributed by atoms with Crippen molar-refractivity contribution in [3.63, 3.8) is 0 Å². The highest BCUT2D eigenvalue weighted by molar-refractivity contribution is 5.44. The van der Waals surface area contributed by atoms with Crippen molar-refractivity contribution in [2.45, 2.75) is 53.6 Å². The number of aromatic hydroxyl groups is 1. The van der Waals surface area contributed by atoms with E-state index in [1.807, 2.05) is 18.2 Å². The minimum atomic E-state index is -0.223. The molecule has 0 fully saturated rings. The van der Waals surface area contributed by atoms with E-state index in [2.05, 4.69) is 41.5 Å². The molecule has 2 atom stereocenters. The molecule has 0 bridgehead atoms. The lowest BCUT2D eigenvalue weighted by Gasteiger charge is -2.31. The molecule has 19 heavy (non-hydrogen) atoms. The van der Waals surface area contributed by atoms with Crippen LogP contribution in [0.4, 0.5) is 0 Å². The number of phenolic OH excluding ortho intramolecular Hbond substituents is 1. The number of para-hydroxylation sites is 1. The zero-order valence-electron chi connectivity index (χ0n) is 13.0. The fourth-order valence-electron chi connectivity index (χ4n) is 2.01. The van der Waals surface area contributed by atoms with Crippen LogP contribution < -0.4 is 11.5 Å². The van der Waals surface area contributed by atoms with Gasteiger partial charge in [0.2, 0.25) is 0 Å². The van der Waals surface area contributed by atoms with Gasteiger partial charge in [-0.15, -0.1) is 0 Å². The number of hydrogen-bond acceptors (Lipinski definition) is 3. The fraction of sp³-hybridized carbons (Fsp3) is 0.625. The van der Waals surface area contributed by atoms with Gasteiger partial charge in [-0.3, -0.25) is 0 Å². The quantitative estimate of drug-likeness (QED) is 0.765. The van der Waals surface area contributed by atoms with Crippen LogP contribution in [0.5, 0.6) is 5.75 Å². The van der Waals surface area contributed by atoms with E-state index in [-0.39, 0.29) is 28.7 Å². The molecule has 3 heteroatoms. The van der Waals surface area contributed by atoms with Crippen LogP contribution in [0.2, 0.25) is 0 Å². The molecule has 1 aromatic carbocycles. The Morgan fingerprint density at radius 3 is 1.42 bits per heavy atom. The molecule has 108 valence electrons. The third-order valence-corrected chi connectivity index (χ3v) is 3.63. The van der Waals surface area contributed by atoms with Gasteiger partial charge in [-0.2, -0.15) is 0 Å². The number of benzene rings is 1. The van der Waals surface area contributed by atoms with Crippen molar-refractivity contribution in [3.8, 4) is 5.75 Å². The molecule has 0 amide bonds. The van der Waals surface area contributed by atoms with Crippen molar-refractivity contribution in [2.75, 3.05) is 0 Å². The highest BCUT2D eigenvalue weighted by atomic mass is 16.3. The van der Waals surface area contributed by atoms with E-state index >= 15 is 0 Å². The Morgan fingerprint density at radius 1 is 0.842 bits per heavy atom. The van der Waals surface area contributed by atoms with E-state index in [9.17, 15) is 5.11 Å². The second kappa shape index (κ2) is 5.14. The zero-order chi connectivity index (χ0) is 15.0. The standard InChI is InChI=1S/C16H28N2O/c1-15(2,3)13(17)10-8-7-9-11(12(10)19)14(18)16(4,5)6/h7-9,13-14,19H,17-18H2,1-6H3. The summed E-state index contributed by atoms with van der Waals surface area (Å²) >= 11 is 0. The van der Waals surface area contributed by atoms with Gasteiger partial charge >= 0.3 is 0 Å². The number of rotatable bonds is 2. The molecular weight excluding hydrogens is 236 g/mol. The molecule has 0 saturated carbocycles. The average Bonchev–Trinajstić information content (AvgIpc) is 2.25. The van der Waals surface area contributed by atoms with Gasteiger partial charge in [0.1, 0.15) is 5.75 Å². The van der Waals surface area contributed by atoms with Gasteiger partial charge in [-0.25, -0.2) is 0 Å². The molecular formula is C16H28N2O. The number of hydrogen-bond donors (Lipinski definition) is 3. The van der Waals surface area contributed by atoms with Gasteiger partial charge < -0.3 is 16.6 Å². The van der Waals surface area contributed by atoms with Crippen molar-refractivity contribution in [3.05, 3.63) is 29.3 Å². The molecule has 3 nitrogen and oxygen atoms in total. The molecule has 1 rings (SSSR count). The summed E-state index contributed by atoms with van der Waals surface area (Å²) in [6, 6.07) is 5.23. The highest BCUT2D eigenvalue weighted by Crippen LogP contribution is 2.41. The average molecular weight is 264 g/mol. The SMILES string of the molecule is CC(C)(C)C(N)c1cccc(C(N)C(C)(C)C)c1O. The molecule has 0 aliphatic carbocycles. The summed E-state index contributed by atoms with van der Waals surface area (Å²) in [6.45, 7) is 12.4. The molecule has 0 saturated heterocycles. The molecule has 0 aliphatic rings. The normalized spacial score (nSPS) is 16.2.